The molecule has 1 rings (SSSR count). The van der Waals surface area contributed by atoms with Gasteiger partial charge in [0.05, 0.1) is 0 Å². The molecule has 0 aliphatic heterocycles. The van der Waals surface area contributed by atoms with E-state index in [-0.39, 0.29) is 31.3 Å². The molecule has 1 aliphatic rings. The standard InChI is InChI=1S/C16H30F2N2O2/c1-11(2)12(20-13(21)22-14(3,4)5)15(10-19)6-8-16(17,18)9-7-15/h11-12H,6-10,19H2,1-5H3,(H,20,21). The van der Waals surface area contributed by atoms with Gasteiger partial charge in [-0.3, -0.25) is 0 Å². The molecule has 0 saturated heterocycles. The van der Waals surface area contributed by atoms with Crippen molar-refractivity contribution in [2.75, 3.05) is 6.54 Å². The fourth-order valence-corrected chi connectivity index (χ4v) is 3.22. The number of rotatable bonds is 4. The van der Waals surface area contributed by atoms with Gasteiger partial charge in [-0.15, -0.1) is 0 Å². The Hall–Kier alpha value is -0.910. The predicted octanol–water partition coefficient (Wildman–Crippen LogP) is 3.69. The van der Waals surface area contributed by atoms with Gasteiger partial charge in [-0.2, -0.15) is 0 Å². The zero-order chi connectivity index (χ0) is 17.2. The van der Waals surface area contributed by atoms with Crippen LogP contribution in [0.2, 0.25) is 0 Å². The number of amides is 1. The highest BCUT2D eigenvalue weighted by molar-refractivity contribution is 5.68. The first kappa shape index (κ1) is 19.1. The van der Waals surface area contributed by atoms with Crippen molar-refractivity contribution in [1.29, 1.82) is 0 Å². The average Bonchev–Trinajstić information content (AvgIpc) is 2.35. The van der Waals surface area contributed by atoms with Gasteiger partial charge < -0.3 is 15.8 Å². The van der Waals surface area contributed by atoms with Gasteiger partial charge in [0, 0.05) is 24.3 Å². The summed E-state index contributed by atoms with van der Waals surface area (Å²) >= 11 is 0. The van der Waals surface area contributed by atoms with E-state index in [1.165, 1.54) is 0 Å². The molecule has 22 heavy (non-hydrogen) atoms. The number of carbonyl (C=O) groups is 1. The molecule has 130 valence electrons. The Morgan fingerprint density at radius 3 is 2.09 bits per heavy atom. The van der Waals surface area contributed by atoms with Crippen LogP contribution in [-0.4, -0.2) is 30.2 Å². The molecular formula is C16H30F2N2O2. The predicted molar refractivity (Wildman–Crippen MR) is 82.9 cm³/mol. The second-order valence-electron chi connectivity index (χ2n) is 7.79. The molecule has 4 nitrogen and oxygen atoms in total. The zero-order valence-corrected chi connectivity index (χ0v) is 14.3. The molecule has 6 heteroatoms. The van der Waals surface area contributed by atoms with E-state index in [2.05, 4.69) is 5.32 Å². The van der Waals surface area contributed by atoms with Crippen molar-refractivity contribution in [2.45, 2.75) is 77.9 Å². The Balaban J connectivity index is 2.86. The zero-order valence-electron chi connectivity index (χ0n) is 14.3. The highest BCUT2D eigenvalue weighted by Crippen LogP contribution is 2.46. The van der Waals surface area contributed by atoms with Crippen LogP contribution < -0.4 is 11.1 Å². The summed E-state index contributed by atoms with van der Waals surface area (Å²) in [5.41, 5.74) is 4.84. The maximum absolute atomic E-state index is 13.5. The van der Waals surface area contributed by atoms with Gasteiger partial charge in [-0.1, -0.05) is 13.8 Å². The summed E-state index contributed by atoms with van der Waals surface area (Å²) in [7, 11) is 0. The Kier molecular flexibility index (Phi) is 5.82. The van der Waals surface area contributed by atoms with E-state index in [9.17, 15) is 13.6 Å². The number of nitrogens with one attached hydrogen (secondary N) is 1. The van der Waals surface area contributed by atoms with Crippen molar-refractivity contribution in [1.82, 2.24) is 5.32 Å². The molecule has 1 aliphatic carbocycles. The van der Waals surface area contributed by atoms with E-state index in [1.807, 2.05) is 13.8 Å². The van der Waals surface area contributed by atoms with Crippen LogP contribution in [0.3, 0.4) is 0 Å². The summed E-state index contributed by atoms with van der Waals surface area (Å²) in [5, 5.41) is 2.88. The third kappa shape index (κ3) is 5.07. The topological polar surface area (TPSA) is 64.3 Å². The minimum atomic E-state index is -2.62. The van der Waals surface area contributed by atoms with Crippen LogP contribution in [0.4, 0.5) is 13.6 Å². The number of alkyl halides is 2. The van der Waals surface area contributed by atoms with Gasteiger partial charge in [0.15, 0.2) is 0 Å². The van der Waals surface area contributed by atoms with Crippen molar-refractivity contribution in [3.8, 4) is 0 Å². The summed E-state index contributed by atoms with van der Waals surface area (Å²) in [6.07, 6.45) is -0.242. The molecule has 1 unspecified atom stereocenters. The van der Waals surface area contributed by atoms with Crippen LogP contribution in [0.5, 0.6) is 0 Å². The molecule has 3 N–H and O–H groups in total. The number of ether oxygens (including phenoxy) is 1. The van der Waals surface area contributed by atoms with Gasteiger partial charge in [0.25, 0.3) is 0 Å². The number of alkyl carbamates (subject to hydrolysis) is 1. The maximum atomic E-state index is 13.5. The van der Waals surface area contributed by atoms with Gasteiger partial charge in [-0.25, -0.2) is 13.6 Å². The SMILES string of the molecule is CC(C)C(NC(=O)OC(C)(C)C)C1(CN)CCC(F)(F)CC1. The normalized spacial score (nSPS) is 22.2. The molecule has 0 spiro atoms. The van der Waals surface area contributed by atoms with E-state index in [1.54, 1.807) is 20.8 Å². The second kappa shape index (κ2) is 6.69. The summed E-state index contributed by atoms with van der Waals surface area (Å²) < 4.78 is 32.3. The Morgan fingerprint density at radius 1 is 1.23 bits per heavy atom. The van der Waals surface area contributed by atoms with Crippen molar-refractivity contribution < 1.29 is 18.3 Å². The van der Waals surface area contributed by atoms with E-state index >= 15 is 0 Å². The lowest BCUT2D eigenvalue weighted by Crippen LogP contribution is -2.57. The monoisotopic (exact) mass is 320 g/mol. The Bertz CT molecular complexity index is 382. The summed E-state index contributed by atoms with van der Waals surface area (Å²) in [5.74, 6) is -2.53. The van der Waals surface area contributed by atoms with Crippen molar-refractivity contribution in [3.05, 3.63) is 0 Å². The van der Waals surface area contributed by atoms with E-state index in [4.69, 9.17) is 10.5 Å². The van der Waals surface area contributed by atoms with Crippen molar-refractivity contribution in [2.24, 2.45) is 17.1 Å². The lowest BCUT2D eigenvalue weighted by atomic mass is 9.65. The minimum Gasteiger partial charge on any atom is -0.444 e. The molecule has 0 bridgehead atoms. The van der Waals surface area contributed by atoms with Crippen molar-refractivity contribution >= 4 is 6.09 Å². The van der Waals surface area contributed by atoms with Crippen LogP contribution in [0, 0.1) is 11.3 Å². The summed E-state index contributed by atoms with van der Waals surface area (Å²) in [4.78, 5) is 12.1. The first-order valence-corrected chi connectivity index (χ1v) is 7.98. The molecular weight excluding hydrogens is 290 g/mol. The third-order valence-electron chi connectivity index (χ3n) is 4.38. The number of hydrogen-bond donors (Lipinski definition) is 2. The van der Waals surface area contributed by atoms with E-state index in [0.717, 1.165) is 0 Å². The second-order valence-corrected chi connectivity index (χ2v) is 7.79. The Morgan fingerprint density at radius 2 is 1.73 bits per heavy atom. The number of nitrogens with two attached hydrogens (primary N) is 1. The molecule has 1 fully saturated rings. The molecule has 0 radical (unpaired) electrons. The van der Waals surface area contributed by atoms with Gasteiger partial charge in [0.1, 0.15) is 5.60 Å². The minimum absolute atomic E-state index is 0.0859. The fraction of sp³-hybridized carbons (Fsp3) is 0.938. The molecule has 0 aromatic rings. The molecule has 0 heterocycles. The number of halogens is 2. The van der Waals surface area contributed by atoms with E-state index in [0.29, 0.717) is 12.8 Å². The summed E-state index contributed by atoms with van der Waals surface area (Å²) in [6.45, 7) is 9.57. The highest BCUT2D eigenvalue weighted by atomic mass is 19.3. The van der Waals surface area contributed by atoms with Crippen LogP contribution in [0.15, 0.2) is 0 Å². The molecule has 1 atom stereocenters. The van der Waals surface area contributed by atoms with Gasteiger partial charge in [-0.05, 0) is 46.1 Å². The summed E-state index contributed by atoms with van der Waals surface area (Å²) in [6, 6.07) is -0.275. The smallest absolute Gasteiger partial charge is 0.407 e. The van der Waals surface area contributed by atoms with Crippen molar-refractivity contribution in [3.63, 3.8) is 0 Å². The lowest BCUT2D eigenvalue weighted by Gasteiger charge is -2.46. The van der Waals surface area contributed by atoms with Crippen LogP contribution in [-0.2, 0) is 4.74 Å². The highest BCUT2D eigenvalue weighted by Gasteiger charge is 2.48. The van der Waals surface area contributed by atoms with Crippen LogP contribution in [0.25, 0.3) is 0 Å². The molecule has 1 amide bonds. The molecule has 0 aromatic heterocycles. The first-order valence-electron chi connectivity index (χ1n) is 7.98. The maximum Gasteiger partial charge on any atom is 0.407 e. The Labute approximate surface area is 132 Å². The largest absolute Gasteiger partial charge is 0.444 e. The quantitative estimate of drug-likeness (QED) is 0.830. The van der Waals surface area contributed by atoms with E-state index < -0.39 is 23.0 Å². The average molecular weight is 320 g/mol. The third-order valence-corrected chi connectivity index (χ3v) is 4.38. The lowest BCUT2D eigenvalue weighted by molar-refractivity contribution is -0.0767. The molecule has 1 saturated carbocycles. The van der Waals surface area contributed by atoms with Gasteiger partial charge in [0.2, 0.25) is 5.92 Å². The van der Waals surface area contributed by atoms with Crippen LogP contribution >= 0.6 is 0 Å². The first-order chi connectivity index (χ1) is 9.91. The fourth-order valence-electron chi connectivity index (χ4n) is 3.22. The number of carbonyl (C=O) groups excluding carboxylic acids is 1. The number of hydrogen-bond acceptors (Lipinski definition) is 3. The van der Waals surface area contributed by atoms with Gasteiger partial charge >= 0.3 is 6.09 Å². The van der Waals surface area contributed by atoms with Crippen LogP contribution in [0.1, 0.15) is 60.3 Å². The molecule has 0 aromatic carbocycles.